The minimum atomic E-state index is -5.08. The Morgan fingerprint density at radius 1 is 1.00 bits per heavy atom. The van der Waals surface area contributed by atoms with Gasteiger partial charge < -0.3 is 19.7 Å². The minimum absolute atomic E-state index is 0.0889. The molecule has 1 aromatic heterocycles. The van der Waals surface area contributed by atoms with E-state index in [1.165, 1.54) is 6.07 Å². The zero-order valence-corrected chi connectivity index (χ0v) is 20.2. The number of carbonyl (C=O) groups is 2. The Balaban J connectivity index is 0.000000317. The zero-order valence-electron chi connectivity index (χ0n) is 20.2. The van der Waals surface area contributed by atoms with Gasteiger partial charge >= 0.3 is 24.3 Å². The topological polar surface area (TPSA) is 109 Å². The number of benzene rings is 1. The number of hydrogen-bond donors (Lipinski definition) is 2. The fourth-order valence-electron chi connectivity index (χ4n) is 3.91. The van der Waals surface area contributed by atoms with Crippen molar-refractivity contribution >= 4 is 11.9 Å². The summed E-state index contributed by atoms with van der Waals surface area (Å²) in [5.74, 6) is -5.69. The smallest absolute Gasteiger partial charge is 0.475 e. The van der Waals surface area contributed by atoms with Gasteiger partial charge in [-0.25, -0.2) is 14.0 Å². The maximum absolute atomic E-state index is 13.4. The second-order valence-electron chi connectivity index (χ2n) is 8.36. The van der Waals surface area contributed by atoms with Gasteiger partial charge in [-0.15, -0.1) is 0 Å². The molecule has 1 aliphatic heterocycles. The first kappa shape index (κ1) is 31.9. The van der Waals surface area contributed by atoms with Crippen molar-refractivity contribution in [2.24, 2.45) is 0 Å². The van der Waals surface area contributed by atoms with Gasteiger partial charge in [-0.3, -0.25) is 9.88 Å². The summed E-state index contributed by atoms with van der Waals surface area (Å²) in [6.07, 6.45) is -6.16. The summed E-state index contributed by atoms with van der Waals surface area (Å²) in [6.45, 7) is 2.85. The third-order valence-electron chi connectivity index (χ3n) is 5.58. The highest BCUT2D eigenvalue weighted by atomic mass is 19.4. The average molecular weight is 570 g/mol. The highest BCUT2D eigenvalue weighted by Gasteiger charge is 2.43. The second-order valence-corrected chi connectivity index (χ2v) is 8.36. The lowest BCUT2D eigenvalue weighted by Gasteiger charge is -2.39. The molecule has 1 aliphatic carbocycles. The van der Waals surface area contributed by atoms with Crippen LogP contribution >= 0.6 is 0 Å². The molecule has 0 unspecified atom stereocenters. The molecular weight excluding hydrogens is 545 g/mol. The summed E-state index contributed by atoms with van der Waals surface area (Å²) < 4.78 is 89.1. The third kappa shape index (κ3) is 10.8. The fraction of sp³-hybridized carbons (Fsp3) is 0.458. The van der Waals surface area contributed by atoms with Crippen LogP contribution in [0.15, 0.2) is 48.7 Å². The molecule has 0 amide bonds. The van der Waals surface area contributed by atoms with Crippen molar-refractivity contribution in [1.29, 1.82) is 0 Å². The molecule has 2 aliphatic rings. The third-order valence-corrected chi connectivity index (χ3v) is 5.58. The van der Waals surface area contributed by atoms with Crippen LogP contribution in [0, 0.1) is 5.82 Å². The summed E-state index contributed by atoms with van der Waals surface area (Å²) >= 11 is 0. The number of morpholine rings is 1. The summed E-state index contributed by atoms with van der Waals surface area (Å²) in [5.41, 5.74) is 1.96. The summed E-state index contributed by atoms with van der Waals surface area (Å²) in [6, 6.07) is 13.1. The van der Waals surface area contributed by atoms with E-state index in [0.29, 0.717) is 19.3 Å². The van der Waals surface area contributed by atoms with Crippen LogP contribution in [0.25, 0.3) is 0 Å². The van der Waals surface area contributed by atoms with Crippen molar-refractivity contribution in [3.8, 4) is 0 Å². The molecule has 3 atom stereocenters. The number of carboxylic acid groups (broad SMARTS) is 2. The SMILES string of the molecule is Fc1cccc(CN2CCO[C@H]3[C@H](OCc4ccccn4)CC[C@@H]32)c1.O=C(O)C(F)(F)F.O=C(O)C(F)(F)F. The van der Waals surface area contributed by atoms with Crippen LogP contribution in [0.4, 0.5) is 30.7 Å². The molecule has 39 heavy (non-hydrogen) atoms. The van der Waals surface area contributed by atoms with Crippen LogP contribution in [-0.4, -0.2) is 75.8 Å². The van der Waals surface area contributed by atoms with Crippen LogP contribution in [0.3, 0.4) is 0 Å². The van der Waals surface area contributed by atoms with E-state index in [2.05, 4.69) is 9.88 Å². The molecule has 15 heteroatoms. The number of aromatic nitrogens is 1. The largest absolute Gasteiger partial charge is 0.490 e. The average Bonchev–Trinajstić information content (AvgIpc) is 3.27. The van der Waals surface area contributed by atoms with Gasteiger partial charge in [0.1, 0.15) is 5.82 Å². The van der Waals surface area contributed by atoms with Gasteiger partial charge in [-0.05, 0) is 42.7 Å². The first-order chi connectivity index (χ1) is 18.2. The zero-order chi connectivity index (χ0) is 29.2. The van der Waals surface area contributed by atoms with Gasteiger partial charge in [0.2, 0.25) is 0 Å². The Morgan fingerprint density at radius 2 is 1.64 bits per heavy atom. The standard InChI is InChI=1S/C20H23FN2O2.2C2HF3O2/c21-16-5-3-4-15(12-16)13-23-10-11-24-20-18(23)7-8-19(20)25-14-17-6-1-2-9-22-17;2*3-2(4,5)1(6)7/h1-6,9,12,18-20H,7-8,10-11,13-14H2;2*(H,6,7)/t18-,19+,20+;;/m0../s1. The normalized spacial score (nSPS) is 21.1. The van der Waals surface area contributed by atoms with Crippen LogP contribution < -0.4 is 0 Å². The molecule has 216 valence electrons. The van der Waals surface area contributed by atoms with E-state index < -0.39 is 24.3 Å². The van der Waals surface area contributed by atoms with Gasteiger partial charge in [-0.2, -0.15) is 26.3 Å². The first-order valence-corrected chi connectivity index (χ1v) is 11.4. The van der Waals surface area contributed by atoms with Crippen LogP contribution in [-0.2, 0) is 32.2 Å². The maximum Gasteiger partial charge on any atom is 0.490 e. The molecule has 2 heterocycles. The Bertz CT molecular complexity index is 1040. The van der Waals surface area contributed by atoms with Crippen molar-refractivity contribution in [2.75, 3.05) is 13.2 Å². The lowest BCUT2D eigenvalue weighted by Crippen LogP contribution is -2.51. The summed E-state index contributed by atoms with van der Waals surface area (Å²) in [5, 5.41) is 14.2. The van der Waals surface area contributed by atoms with Crippen molar-refractivity contribution in [3.05, 3.63) is 65.7 Å². The number of aliphatic carboxylic acids is 2. The monoisotopic (exact) mass is 570 g/mol. The van der Waals surface area contributed by atoms with Gasteiger partial charge in [0.25, 0.3) is 0 Å². The number of rotatable bonds is 5. The molecule has 2 fully saturated rings. The fourth-order valence-corrected chi connectivity index (χ4v) is 3.91. The van der Waals surface area contributed by atoms with E-state index in [0.717, 1.165) is 37.2 Å². The molecule has 1 saturated carbocycles. The van der Waals surface area contributed by atoms with Crippen molar-refractivity contribution in [1.82, 2.24) is 9.88 Å². The van der Waals surface area contributed by atoms with E-state index >= 15 is 0 Å². The van der Waals surface area contributed by atoms with Gasteiger partial charge in [0.05, 0.1) is 31.1 Å². The molecule has 4 rings (SSSR count). The highest BCUT2D eigenvalue weighted by molar-refractivity contribution is 5.73. The number of fused-ring (bicyclic) bond motifs is 1. The van der Waals surface area contributed by atoms with E-state index in [4.69, 9.17) is 29.3 Å². The Labute approximate surface area is 218 Å². The van der Waals surface area contributed by atoms with E-state index in [1.54, 1.807) is 18.3 Å². The first-order valence-electron chi connectivity index (χ1n) is 11.4. The Hall–Kier alpha value is -3.30. The van der Waals surface area contributed by atoms with Crippen molar-refractivity contribution in [2.45, 2.75) is 56.6 Å². The number of pyridine rings is 1. The summed E-state index contributed by atoms with van der Waals surface area (Å²) in [4.78, 5) is 24.5. The van der Waals surface area contributed by atoms with Crippen LogP contribution in [0.1, 0.15) is 24.1 Å². The molecular formula is C24H25F7N2O6. The van der Waals surface area contributed by atoms with Crippen molar-refractivity contribution in [3.63, 3.8) is 0 Å². The maximum atomic E-state index is 13.4. The second kappa shape index (κ2) is 14.2. The number of nitrogens with zero attached hydrogens (tertiary/aromatic N) is 2. The highest BCUT2D eigenvalue weighted by Crippen LogP contribution is 2.33. The molecule has 1 aromatic carbocycles. The predicted molar refractivity (Wildman–Crippen MR) is 120 cm³/mol. The quantitative estimate of drug-likeness (QED) is 0.509. The lowest BCUT2D eigenvalue weighted by atomic mass is 10.1. The number of carboxylic acids is 2. The lowest BCUT2D eigenvalue weighted by molar-refractivity contribution is -0.193. The van der Waals surface area contributed by atoms with Gasteiger partial charge in [0.15, 0.2) is 0 Å². The molecule has 2 aromatic rings. The molecule has 1 saturated heterocycles. The molecule has 0 bridgehead atoms. The molecule has 0 spiro atoms. The Morgan fingerprint density at radius 3 is 2.18 bits per heavy atom. The van der Waals surface area contributed by atoms with Crippen LogP contribution in [0.5, 0.6) is 0 Å². The summed E-state index contributed by atoms with van der Waals surface area (Å²) in [7, 11) is 0. The molecule has 0 radical (unpaired) electrons. The molecule has 8 nitrogen and oxygen atoms in total. The predicted octanol–water partition coefficient (Wildman–Crippen LogP) is 4.44. The van der Waals surface area contributed by atoms with Crippen LogP contribution in [0.2, 0.25) is 0 Å². The number of ether oxygens (including phenoxy) is 2. The molecule has 2 N–H and O–H groups in total. The number of alkyl halides is 6. The number of hydrogen-bond acceptors (Lipinski definition) is 6. The van der Waals surface area contributed by atoms with E-state index in [1.807, 2.05) is 24.3 Å². The van der Waals surface area contributed by atoms with Gasteiger partial charge in [-0.1, -0.05) is 18.2 Å². The minimum Gasteiger partial charge on any atom is -0.475 e. The number of halogens is 7. The Kier molecular flexibility index (Phi) is 11.6. The van der Waals surface area contributed by atoms with Gasteiger partial charge in [0, 0.05) is 25.3 Å². The van der Waals surface area contributed by atoms with E-state index in [9.17, 15) is 30.7 Å². The van der Waals surface area contributed by atoms with E-state index in [-0.39, 0.29) is 18.0 Å². The van der Waals surface area contributed by atoms with Crippen molar-refractivity contribution < 1.29 is 60.0 Å².